The summed E-state index contributed by atoms with van der Waals surface area (Å²) in [6.45, 7) is 0. The quantitative estimate of drug-likeness (QED) is 0.865. The molecule has 0 unspecified atom stereocenters. The third-order valence-electron chi connectivity index (χ3n) is 2.86. The first kappa shape index (κ1) is 15.8. The summed E-state index contributed by atoms with van der Waals surface area (Å²) in [5, 5.41) is 8.88. The summed E-state index contributed by atoms with van der Waals surface area (Å²) in [7, 11) is 0. The second-order valence-electron chi connectivity index (χ2n) is 4.47. The summed E-state index contributed by atoms with van der Waals surface area (Å²) in [6, 6.07) is 14.3. The van der Waals surface area contributed by atoms with Crippen LogP contribution in [-0.4, -0.2) is 16.2 Å². The largest absolute Gasteiger partial charge is 0.478 e. The van der Waals surface area contributed by atoms with Gasteiger partial charge in [-0.3, -0.25) is 4.79 Å². The van der Waals surface area contributed by atoms with Crippen LogP contribution in [0.4, 0.5) is 0 Å². The summed E-state index contributed by atoms with van der Waals surface area (Å²) in [6.07, 6.45) is 0.307. The Kier molecular flexibility index (Phi) is 5.59. The number of thioether (sulfide) groups is 1. The third-order valence-corrected chi connectivity index (χ3v) is 4.34. The van der Waals surface area contributed by atoms with Crippen LogP contribution in [0.25, 0.3) is 0 Å². The standard InChI is InChI=1S/C16H13BrO3S/c17-14-7-3-12(4-8-14)10-21-15(18)9-11-1-5-13(6-2-11)16(19)20/h1-8H,9-10H2,(H,19,20). The van der Waals surface area contributed by atoms with Gasteiger partial charge in [0.2, 0.25) is 0 Å². The van der Waals surface area contributed by atoms with Crippen LogP contribution in [0.2, 0.25) is 0 Å². The number of aromatic carboxylic acids is 1. The van der Waals surface area contributed by atoms with E-state index in [1.54, 1.807) is 12.1 Å². The van der Waals surface area contributed by atoms with Crippen LogP contribution in [-0.2, 0) is 17.0 Å². The first-order valence-electron chi connectivity index (χ1n) is 6.27. The third kappa shape index (κ3) is 5.02. The molecule has 3 nitrogen and oxygen atoms in total. The SMILES string of the molecule is O=C(Cc1ccc(C(=O)O)cc1)SCc1ccc(Br)cc1. The lowest BCUT2D eigenvalue weighted by molar-refractivity contribution is -0.110. The van der Waals surface area contributed by atoms with Crippen LogP contribution in [0.3, 0.4) is 0 Å². The van der Waals surface area contributed by atoms with E-state index in [2.05, 4.69) is 15.9 Å². The van der Waals surface area contributed by atoms with E-state index in [4.69, 9.17) is 5.11 Å². The van der Waals surface area contributed by atoms with E-state index < -0.39 is 5.97 Å². The van der Waals surface area contributed by atoms with Crippen molar-refractivity contribution in [2.24, 2.45) is 0 Å². The number of benzene rings is 2. The fourth-order valence-electron chi connectivity index (χ4n) is 1.73. The number of halogens is 1. The molecule has 2 aromatic rings. The van der Waals surface area contributed by atoms with Gasteiger partial charge >= 0.3 is 5.97 Å². The average Bonchev–Trinajstić information content (AvgIpc) is 2.47. The monoisotopic (exact) mass is 364 g/mol. The molecule has 0 aromatic heterocycles. The van der Waals surface area contributed by atoms with Gasteiger partial charge in [0.25, 0.3) is 0 Å². The number of hydrogen-bond acceptors (Lipinski definition) is 3. The van der Waals surface area contributed by atoms with Crippen LogP contribution >= 0.6 is 27.7 Å². The molecule has 108 valence electrons. The van der Waals surface area contributed by atoms with Gasteiger partial charge < -0.3 is 5.11 Å². The zero-order valence-electron chi connectivity index (χ0n) is 11.1. The minimum absolute atomic E-state index is 0.0704. The predicted molar refractivity (Wildman–Crippen MR) is 87.5 cm³/mol. The smallest absolute Gasteiger partial charge is 0.335 e. The van der Waals surface area contributed by atoms with Gasteiger partial charge in [-0.1, -0.05) is 52.0 Å². The van der Waals surface area contributed by atoms with E-state index in [0.717, 1.165) is 15.6 Å². The molecule has 0 aliphatic rings. The van der Waals surface area contributed by atoms with Crippen molar-refractivity contribution in [2.45, 2.75) is 12.2 Å². The Labute approximate surface area is 135 Å². The highest BCUT2D eigenvalue weighted by Gasteiger charge is 2.07. The van der Waals surface area contributed by atoms with Gasteiger partial charge in [-0.05, 0) is 35.4 Å². The molecule has 0 fully saturated rings. The zero-order chi connectivity index (χ0) is 15.2. The van der Waals surface area contributed by atoms with Gasteiger partial charge in [0.15, 0.2) is 5.12 Å². The Balaban J connectivity index is 1.86. The Morgan fingerprint density at radius 1 is 0.952 bits per heavy atom. The minimum atomic E-state index is -0.961. The molecule has 0 bridgehead atoms. The van der Waals surface area contributed by atoms with Crippen molar-refractivity contribution in [1.82, 2.24) is 0 Å². The van der Waals surface area contributed by atoms with E-state index in [1.165, 1.54) is 23.9 Å². The molecular formula is C16H13BrO3S. The van der Waals surface area contributed by atoms with Crippen LogP contribution in [0.1, 0.15) is 21.5 Å². The zero-order valence-corrected chi connectivity index (χ0v) is 13.5. The minimum Gasteiger partial charge on any atom is -0.478 e. The molecule has 0 heterocycles. The lowest BCUT2D eigenvalue weighted by Crippen LogP contribution is -2.00. The molecule has 21 heavy (non-hydrogen) atoms. The molecule has 0 amide bonds. The lowest BCUT2D eigenvalue weighted by Gasteiger charge is -2.03. The van der Waals surface area contributed by atoms with Crippen molar-refractivity contribution in [3.63, 3.8) is 0 Å². The van der Waals surface area contributed by atoms with E-state index in [9.17, 15) is 9.59 Å². The van der Waals surface area contributed by atoms with Crippen LogP contribution in [0.5, 0.6) is 0 Å². The maximum atomic E-state index is 11.9. The van der Waals surface area contributed by atoms with E-state index in [1.807, 2.05) is 24.3 Å². The maximum absolute atomic E-state index is 11.9. The number of carbonyl (C=O) groups excluding carboxylic acids is 1. The highest BCUT2D eigenvalue weighted by atomic mass is 79.9. The van der Waals surface area contributed by atoms with Crippen molar-refractivity contribution in [1.29, 1.82) is 0 Å². The lowest BCUT2D eigenvalue weighted by atomic mass is 10.1. The Hall–Kier alpha value is -1.59. The van der Waals surface area contributed by atoms with Gasteiger partial charge in [-0.25, -0.2) is 4.79 Å². The maximum Gasteiger partial charge on any atom is 0.335 e. The molecule has 0 spiro atoms. The number of rotatable bonds is 5. The van der Waals surface area contributed by atoms with Crippen molar-refractivity contribution >= 4 is 38.8 Å². The van der Waals surface area contributed by atoms with E-state index in [0.29, 0.717) is 12.2 Å². The molecule has 0 aliphatic heterocycles. The summed E-state index contributed by atoms with van der Waals surface area (Å²) in [5.41, 5.74) is 2.15. The van der Waals surface area contributed by atoms with E-state index >= 15 is 0 Å². The normalized spacial score (nSPS) is 10.3. The van der Waals surface area contributed by atoms with Crippen molar-refractivity contribution < 1.29 is 14.7 Å². The number of carbonyl (C=O) groups is 2. The molecule has 5 heteroatoms. The molecule has 0 saturated heterocycles. The van der Waals surface area contributed by atoms with Crippen molar-refractivity contribution in [3.05, 3.63) is 69.7 Å². The van der Waals surface area contributed by atoms with Crippen molar-refractivity contribution in [2.75, 3.05) is 0 Å². The molecule has 0 atom stereocenters. The highest BCUT2D eigenvalue weighted by molar-refractivity contribution is 9.10. The second kappa shape index (κ2) is 7.43. The van der Waals surface area contributed by atoms with Gasteiger partial charge in [-0.2, -0.15) is 0 Å². The van der Waals surface area contributed by atoms with Crippen molar-refractivity contribution in [3.8, 4) is 0 Å². The summed E-state index contributed by atoms with van der Waals surface area (Å²) in [4.78, 5) is 22.7. The van der Waals surface area contributed by atoms with Crippen LogP contribution in [0, 0.1) is 0 Å². The number of carboxylic acid groups (broad SMARTS) is 1. The Morgan fingerprint density at radius 3 is 2.10 bits per heavy atom. The predicted octanol–water partition coefficient (Wildman–Crippen LogP) is 4.15. The fraction of sp³-hybridized carbons (Fsp3) is 0.125. The molecule has 0 aliphatic carbocycles. The molecule has 0 radical (unpaired) electrons. The summed E-state index contributed by atoms with van der Waals surface area (Å²) < 4.78 is 1.01. The summed E-state index contributed by atoms with van der Waals surface area (Å²) in [5.74, 6) is -0.322. The molecule has 1 N–H and O–H groups in total. The van der Waals surface area contributed by atoms with Crippen LogP contribution in [0.15, 0.2) is 53.0 Å². The number of hydrogen-bond donors (Lipinski definition) is 1. The van der Waals surface area contributed by atoms with E-state index in [-0.39, 0.29) is 10.7 Å². The Morgan fingerprint density at radius 2 is 1.52 bits per heavy atom. The average molecular weight is 365 g/mol. The first-order chi connectivity index (χ1) is 10.0. The topological polar surface area (TPSA) is 54.4 Å². The molecular weight excluding hydrogens is 352 g/mol. The van der Waals surface area contributed by atoms with Gasteiger partial charge in [0.05, 0.1) is 5.56 Å². The first-order valence-corrected chi connectivity index (χ1v) is 8.05. The highest BCUT2D eigenvalue weighted by Crippen LogP contribution is 2.18. The number of carboxylic acids is 1. The fourth-order valence-corrected chi connectivity index (χ4v) is 2.78. The second-order valence-corrected chi connectivity index (χ2v) is 6.41. The summed E-state index contributed by atoms with van der Waals surface area (Å²) >= 11 is 4.64. The molecule has 2 aromatic carbocycles. The Bertz CT molecular complexity index is 636. The van der Waals surface area contributed by atoms with Crippen LogP contribution < -0.4 is 0 Å². The molecule has 0 saturated carbocycles. The molecule has 2 rings (SSSR count). The van der Waals surface area contributed by atoms with Gasteiger partial charge in [-0.15, -0.1) is 0 Å². The van der Waals surface area contributed by atoms with Gasteiger partial charge in [0, 0.05) is 16.6 Å². The van der Waals surface area contributed by atoms with Gasteiger partial charge in [0.1, 0.15) is 0 Å².